The summed E-state index contributed by atoms with van der Waals surface area (Å²) in [5.74, 6) is -2.78. The minimum Gasteiger partial charge on any atom is -0.548 e. The van der Waals surface area contributed by atoms with Crippen LogP contribution in [0.4, 0.5) is 0 Å². The maximum atomic E-state index is 13.2. The van der Waals surface area contributed by atoms with Crippen molar-refractivity contribution in [3.8, 4) is 0 Å². The second-order valence-electron chi connectivity index (χ2n) is 13.8. The van der Waals surface area contributed by atoms with Gasteiger partial charge in [-0.3, -0.25) is 9.59 Å². The number of quaternary nitrogens is 1. The van der Waals surface area contributed by atoms with Gasteiger partial charge in [0.25, 0.3) is 0 Å². The Kier molecular flexibility index (Phi) is 17.7. The van der Waals surface area contributed by atoms with Gasteiger partial charge in [0.2, 0.25) is 11.8 Å². The van der Waals surface area contributed by atoms with E-state index in [1.807, 2.05) is 6.07 Å². The molecule has 2 saturated heterocycles. The van der Waals surface area contributed by atoms with Crippen LogP contribution >= 0.6 is 11.8 Å². The van der Waals surface area contributed by atoms with Gasteiger partial charge in [0.15, 0.2) is 0 Å². The fourth-order valence-electron chi connectivity index (χ4n) is 6.58. The van der Waals surface area contributed by atoms with Crippen molar-refractivity contribution in [1.29, 1.82) is 0 Å². The van der Waals surface area contributed by atoms with Gasteiger partial charge in [-0.2, -0.15) is 0 Å². The lowest BCUT2D eigenvalue weighted by Gasteiger charge is -2.45. The number of carbonyl (C=O) groups is 4. The van der Waals surface area contributed by atoms with Crippen LogP contribution in [0, 0.1) is 0 Å². The second kappa shape index (κ2) is 20.6. The largest absolute Gasteiger partial charge is 0.548 e. The maximum Gasteiger partial charge on any atom is 0.332 e. The lowest BCUT2D eigenvalue weighted by Crippen LogP contribution is -2.72. The highest BCUT2D eigenvalue weighted by Crippen LogP contribution is 2.50. The highest BCUT2D eigenvalue weighted by Gasteiger charge is 2.62. The van der Waals surface area contributed by atoms with E-state index in [2.05, 4.69) is 38.3 Å². The Morgan fingerprint density at radius 3 is 1.90 bits per heavy atom. The maximum absolute atomic E-state index is 13.2. The first-order chi connectivity index (χ1) is 23.3. The lowest BCUT2D eigenvalue weighted by atomic mass is 9.95. The van der Waals surface area contributed by atoms with E-state index in [4.69, 9.17) is 4.74 Å². The molecule has 0 spiro atoms. The van der Waals surface area contributed by atoms with Crippen molar-refractivity contribution in [1.82, 2.24) is 15.5 Å². The van der Waals surface area contributed by atoms with Crippen LogP contribution < -0.4 is 15.7 Å². The number of carboxylic acid groups (broad SMARTS) is 1. The summed E-state index contributed by atoms with van der Waals surface area (Å²) in [4.78, 5) is 50.5. The smallest absolute Gasteiger partial charge is 0.332 e. The third-order valence-electron chi connectivity index (χ3n) is 9.29. The van der Waals surface area contributed by atoms with E-state index in [0.29, 0.717) is 11.3 Å². The van der Waals surface area contributed by atoms with Gasteiger partial charge in [0, 0.05) is 16.5 Å². The molecule has 1 unspecified atom stereocenters. The van der Waals surface area contributed by atoms with Crippen LogP contribution in [-0.2, 0) is 23.9 Å². The summed E-state index contributed by atoms with van der Waals surface area (Å²) >= 11 is 1.32. The van der Waals surface area contributed by atoms with Gasteiger partial charge >= 0.3 is 5.97 Å². The van der Waals surface area contributed by atoms with E-state index in [9.17, 15) is 24.3 Å². The van der Waals surface area contributed by atoms with Crippen molar-refractivity contribution in [3.05, 3.63) is 47.7 Å². The predicted molar refractivity (Wildman–Crippen MR) is 195 cm³/mol. The molecule has 1 aromatic carbocycles. The highest BCUT2D eigenvalue weighted by atomic mass is 32.2. The van der Waals surface area contributed by atoms with Gasteiger partial charge in [-0.05, 0) is 58.9 Å². The number of esters is 1. The first kappa shape index (κ1) is 42.1. The molecule has 10 nitrogen and oxygen atoms in total. The molecule has 2 aliphatic heterocycles. The van der Waals surface area contributed by atoms with Gasteiger partial charge in [-0.15, -0.1) is 11.8 Å². The fourth-order valence-corrected chi connectivity index (χ4v) is 8.20. The Bertz CT molecular complexity index is 1200. The number of ether oxygens (including phenoxy) is 1. The van der Waals surface area contributed by atoms with Crippen LogP contribution in [0.2, 0.25) is 0 Å². The molecule has 276 valence electrons. The summed E-state index contributed by atoms with van der Waals surface area (Å²) in [5.41, 5.74) is 1.06. The lowest BCUT2D eigenvalue weighted by molar-refractivity contribution is -0.929. The van der Waals surface area contributed by atoms with E-state index < -0.39 is 52.0 Å². The second-order valence-corrected chi connectivity index (χ2v) is 15.6. The predicted octanol–water partition coefficient (Wildman–Crippen LogP) is 5.08. The SMILES string of the molecule is CCCC[N+](CCCC)(CCCC)CCCC.CCOC(=O)C=C(C)NC(C(=O)N[C@@H]1C(=O)N2[C@@H]1SC(C)(C)[C@@H]2C(=O)[O-])c1ccccc1. The van der Waals surface area contributed by atoms with Crippen LogP contribution in [0.5, 0.6) is 0 Å². The standard InChI is InChI=1S/C22H27N3O6S.C16H36N/c1-5-31-14(26)11-12(2)23-15(13-9-7-6-8-10-13)18(27)24-16-19(28)25-17(21(29)30)22(3,4)32-20(16)25;1-5-9-13-17(14-10-6-2,15-11-7-3)16-12-8-4/h6-11,15-17,20,23H,5H2,1-4H3,(H,24,27)(H,29,30);5-16H2,1-4H3/q;+1/p-1/t15?,16-,17+,20-;/m1./s1. The summed E-state index contributed by atoms with van der Waals surface area (Å²) in [7, 11) is 0. The molecular weight excluding hydrogens is 641 g/mol. The fraction of sp³-hybridized carbons (Fsp3) is 0.684. The molecule has 11 heteroatoms. The highest BCUT2D eigenvalue weighted by molar-refractivity contribution is 8.01. The number of benzene rings is 1. The molecule has 49 heavy (non-hydrogen) atoms. The molecule has 3 rings (SSSR count). The van der Waals surface area contributed by atoms with Crippen molar-refractivity contribution in [2.24, 2.45) is 0 Å². The number of hydrogen-bond acceptors (Lipinski definition) is 8. The van der Waals surface area contributed by atoms with Crippen molar-refractivity contribution in [3.63, 3.8) is 0 Å². The number of hydrogen-bond donors (Lipinski definition) is 2. The molecule has 1 aromatic rings. The number of thioether (sulfide) groups is 1. The van der Waals surface area contributed by atoms with Gasteiger partial charge in [-0.25, -0.2) is 4.79 Å². The third kappa shape index (κ3) is 12.1. The topological polar surface area (TPSA) is 128 Å². The van der Waals surface area contributed by atoms with Crippen LogP contribution in [-0.4, -0.2) is 88.1 Å². The molecule has 0 saturated carbocycles. The molecule has 2 heterocycles. The number of carbonyl (C=O) groups excluding carboxylic acids is 4. The first-order valence-corrected chi connectivity index (χ1v) is 19.2. The van der Waals surface area contributed by atoms with E-state index in [0.717, 1.165) is 0 Å². The summed E-state index contributed by atoms with van der Waals surface area (Å²) in [6.07, 6.45) is 12.3. The third-order valence-corrected chi connectivity index (χ3v) is 10.9. The molecule has 4 atom stereocenters. The summed E-state index contributed by atoms with van der Waals surface area (Å²) in [6, 6.07) is 6.08. The van der Waals surface area contributed by atoms with Gasteiger partial charge in [0.1, 0.15) is 17.5 Å². The van der Waals surface area contributed by atoms with Crippen LogP contribution in [0.1, 0.15) is 118 Å². The number of allylic oxidation sites excluding steroid dienone is 1. The minimum atomic E-state index is -1.31. The average Bonchev–Trinajstić information content (AvgIpc) is 3.33. The number of nitrogens with one attached hydrogen (secondary N) is 2. The Balaban J connectivity index is 0.000000417. The number of unbranched alkanes of at least 4 members (excludes halogenated alkanes) is 4. The molecule has 2 amide bonds. The minimum absolute atomic E-state index is 0.230. The summed E-state index contributed by atoms with van der Waals surface area (Å²) in [6.45, 7) is 22.1. The van der Waals surface area contributed by atoms with E-state index in [1.165, 1.54) is 105 Å². The normalized spacial score (nSPS) is 20.3. The van der Waals surface area contributed by atoms with Gasteiger partial charge in [0.05, 0.1) is 44.8 Å². The molecule has 0 aliphatic carbocycles. The molecule has 2 aliphatic rings. The first-order valence-electron chi connectivity index (χ1n) is 18.3. The van der Waals surface area contributed by atoms with E-state index in [1.54, 1.807) is 52.0 Å². The number of rotatable bonds is 20. The van der Waals surface area contributed by atoms with Crippen LogP contribution in [0.25, 0.3) is 0 Å². The average molecular weight is 703 g/mol. The molecule has 2 fully saturated rings. The van der Waals surface area contributed by atoms with Crippen molar-refractivity contribution in [2.75, 3.05) is 32.8 Å². The molecule has 0 radical (unpaired) electrons. The number of aliphatic carboxylic acids is 1. The summed E-state index contributed by atoms with van der Waals surface area (Å²) < 4.78 is 5.58. The zero-order valence-electron chi connectivity index (χ0n) is 31.2. The monoisotopic (exact) mass is 702 g/mol. The van der Waals surface area contributed by atoms with E-state index >= 15 is 0 Å². The van der Waals surface area contributed by atoms with Gasteiger partial charge in [-0.1, -0.05) is 83.7 Å². The quantitative estimate of drug-likeness (QED) is 0.0834. The van der Waals surface area contributed by atoms with Crippen molar-refractivity contribution < 1.29 is 33.5 Å². The molecular formula is C38H62N4O6S. The zero-order chi connectivity index (χ0) is 36.6. The number of fused-ring (bicyclic) bond motifs is 1. The molecule has 0 bridgehead atoms. The Hall–Kier alpha value is -3.05. The molecule has 2 N–H and O–H groups in total. The molecule has 0 aromatic heterocycles. The van der Waals surface area contributed by atoms with Crippen molar-refractivity contribution in [2.45, 2.75) is 135 Å². The Labute approximate surface area is 299 Å². The Morgan fingerprint density at radius 1 is 0.939 bits per heavy atom. The van der Waals surface area contributed by atoms with Crippen molar-refractivity contribution >= 4 is 35.5 Å². The number of nitrogens with zero attached hydrogens (tertiary/aromatic N) is 2. The zero-order valence-corrected chi connectivity index (χ0v) is 32.0. The van der Waals surface area contributed by atoms with Crippen LogP contribution in [0.3, 0.4) is 0 Å². The number of amides is 2. The number of β-lactam (4-membered cyclic amide) rings is 1. The van der Waals surface area contributed by atoms with Gasteiger partial charge < -0.3 is 34.7 Å². The van der Waals surface area contributed by atoms with Crippen LogP contribution in [0.15, 0.2) is 42.1 Å². The van der Waals surface area contributed by atoms with E-state index in [-0.39, 0.29) is 6.61 Å². The number of carboxylic acids is 1. The Morgan fingerprint density at radius 2 is 1.45 bits per heavy atom. The summed E-state index contributed by atoms with van der Waals surface area (Å²) in [5, 5.41) is 16.8.